The van der Waals surface area contributed by atoms with E-state index < -0.39 is 0 Å². The molecule has 9 heavy (non-hydrogen) atoms. The Labute approximate surface area is 89.3 Å². The third-order valence-electron chi connectivity index (χ3n) is 0.765. The van der Waals surface area contributed by atoms with E-state index in [1.807, 2.05) is 0 Å². The van der Waals surface area contributed by atoms with Gasteiger partial charge in [-0.15, -0.1) is 0 Å². The number of hydrogen-bond acceptors (Lipinski definition) is 2. The van der Waals surface area contributed by atoms with Crippen molar-refractivity contribution in [2.45, 2.75) is 0 Å². The molecule has 0 heterocycles. The van der Waals surface area contributed by atoms with Crippen molar-refractivity contribution in [2.75, 3.05) is 23.7 Å². The van der Waals surface area contributed by atoms with Crippen molar-refractivity contribution >= 4 is 62.2 Å². The molecule has 0 aliphatic heterocycles. The summed E-state index contributed by atoms with van der Waals surface area (Å²) >= 11 is 9.07. The van der Waals surface area contributed by atoms with Crippen LogP contribution in [0.5, 0.6) is 0 Å². The molecule has 0 bridgehead atoms. The van der Waals surface area contributed by atoms with Gasteiger partial charge in [-0.05, 0) is 9.12 Å². The van der Waals surface area contributed by atoms with Crippen LogP contribution in [0.2, 0.25) is 0 Å². The fourth-order valence-corrected chi connectivity index (χ4v) is 3.20. The zero-order valence-electron chi connectivity index (χ0n) is 4.82. The summed E-state index contributed by atoms with van der Waals surface area (Å²) in [5, 5.41) is 2.10. The van der Waals surface area contributed by atoms with Crippen LogP contribution in [0.3, 0.4) is 0 Å². The first-order valence-electron chi connectivity index (χ1n) is 2.50. The Balaban J connectivity index is 3.18. The first-order chi connectivity index (χ1) is 4.35. The lowest BCUT2D eigenvalue weighted by atomic mass is 10.7. The molecule has 0 N–H and O–H groups in total. The standard InChI is InChI=1S/C4H8Br2INS/c5-1-3-8(9-7)4-2-6/h1-4H2. The second kappa shape index (κ2) is 8.10. The Morgan fingerprint density at radius 1 is 1.22 bits per heavy atom. The van der Waals surface area contributed by atoms with Gasteiger partial charge < -0.3 is 0 Å². The average Bonchev–Trinajstić information content (AvgIpc) is 1.88. The van der Waals surface area contributed by atoms with Crippen LogP contribution < -0.4 is 0 Å². The van der Waals surface area contributed by atoms with Gasteiger partial charge in [0.1, 0.15) is 0 Å². The summed E-state index contributed by atoms with van der Waals surface area (Å²) in [4.78, 5) is 0. The monoisotopic (exact) mass is 387 g/mol. The van der Waals surface area contributed by atoms with Crippen molar-refractivity contribution in [3.63, 3.8) is 0 Å². The molecule has 56 valence electrons. The van der Waals surface area contributed by atoms with Gasteiger partial charge in [-0.2, -0.15) is 0 Å². The van der Waals surface area contributed by atoms with E-state index >= 15 is 0 Å². The van der Waals surface area contributed by atoms with Gasteiger partial charge >= 0.3 is 0 Å². The molecule has 0 aromatic heterocycles. The van der Waals surface area contributed by atoms with Gasteiger partial charge in [0.05, 0.1) is 0 Å². The Bertz CT molecular complexity index is 60.5. The molecule has 0 aromatic rings. The smallest absolute Gasteiger partial charge is 0.0194 e. The van der Waals surface area contributed by atoms with Crippen LogP contribution in [0, 0.1) is 0 Å². The fourth-order valence-electron chi connectivity index (χ4n) is 0.369. The molecule has 0 rings (SSSR count). The highest BCUT2D eigenvalue weighted by atomic mass is 127. The van der Waals surface area contributed by atoms with Crippen LogP contribution in [0.15, 0.2) is 0 Å². The van der Waals surface area contributed by atoms with Crippen molar-refractivity contribution in [3.05, 3.63) is 0 Å². The SMILES string of the molecule is BrCCN(CCBr)SI. The summed E-state index contributed by atoms with van der Waals surface area (Å²) in [6, 6.07) is 0. The maximum absolute atomic E-state index is 3.39. The molecule has 5 heteroatoms. The molecule has 0 saturated heterocycles. The first kappa shape index (κ1) is 11.0. The van der Waals surface area contributed by atoms with E-state index in [1.54, 1.807) is 9.12 Å². The van der Waals surface area contributed by atoms with Gasteiger partial charge in [0.15, 0.2) is 0 Å². The molecule has 1 nitrogen and oxygen atoms in total. The second-order valence-electron chi connectivity index (χ2n) is 1.38. The van der Waals surface area contributed by atoms with Crippen LogP contribution in [0.1, 0.15) is 0 Å². The van der Waals surface area contributed by atoms with Crippen molar-refractivity contribution in [1.82, 2.24) is 4.31 Å². The normalized spacial score (nSPS) is 10.7. The largest absolute Gasteiger partial charge is 0.240 e. The molecule has 0 radical (unpaired) electrons. The quantitative estimate of drug-likeness (QED) is 0.404. The Morgan fingerprint density at radius 2 is 1.67 bits per heavy atom. The van der Waals surface area contributed by atoms with E-state index in [4.69, 9.17) is 0 Å². The van der Waals surface area contributed by atoms with Crippen LogP contribution >= 0.6 is 62.2 Å². The summed E-state index contributed by atoms with van der Waals surface area (Å²) < 4.78 is 2.30. The summed E-state index contributed by atoms with van der Waals surface area (Å²) in [5.74, 6) is 0. The molecule has 0 aliphatic carbocycles. The molecule has 0 aromatic carbocycles. The Morgan fingerprint density at radius 3 is 1.89 bits per heavy atom. The summed E-state index contributed by atoms with van der Waals surface area (Å²) in [6.45, 7) is 2.22. The van der Waals surface area contributed by atoms with E-state index in [9.17, 15) is 0 Å². The van der Waals surface area contributed by atoms with Crippen LogP contribution in [-0.2, 0) is 0 Å². The van der Waals surface area contributed by atoms with Crippen LogP contribution in [-0.4, -0.2) is 28.1 Å². The van der Waals surface area contributed by atoms with Gasteiger partial charge in [-0.3, -0.25) is 0 Å². The number of rotatable bonds is 5. The van der Waals surface area contributed by atoms with Gasteiger partial charge in [0, 0.05) is 45.0 Å². The molecule has 0 amide bonds. The Kier molecular flexibility index (Phi) is 9.90. The highest BCUT2D eigenvalue weighted by molar-refractivity contribution is 14.2. The number of alkyl halides is 2. The zero-order valence-corrected chi connectivity index (χ0v) is 11.0. The van der Waals surface area contributed by atoms with Crippen molar-refractivity contribution in [2.24, 2.45) is 0 Å². The summed E-state index contributed by atoms with van der Waals surface area (Å²) in [5.41, 5.74) is 0. The van der Waals surface area contributed by atoms with Crippen molar-refractivity contribution < 1.29 is 0 Å². The van der Waals surface area contributed by atoms with Crippen molar-refractivity contribution in [1.29, 1.82) is 0 Å². The lowest BCUT2D eigenvalue weighted by Gasteiger charge is -2.13. The molecule has 0 unspecified atom stereocenters. The molecule has 0 saturated carbocycles. The molecule has 0 spiro atoms. The van der Waals surface area contributed by atoms with E-state index in [2.05, 4.69) is 57.4 Å². The number of nitrogens with zero attached hydrogens (tertiary/aromatic N) is 1. The van der Waals surface area contributed by atoms with Gasteiger partial charge in [0.25, 0.3) is 0 Å². The third kappa shape index (κ3) is 6.40. The number of hydrogen-bond donors (Lipinski definition) is 0. The van der Waals surface area contributed by atoms with Gasteiger partial charge in [-0.1, -0.05) is 31.9 Å². The summed E-state index contributed by atoms with van der Waals surface area (Å²) in [7, 11) is 1.76. The molecule has 0 aliphatic rings. The minimum absolute atomic E-state index is 1.05. The first-order valence-corrected chi connectivity index (χ1v) is 8.06. The highest BCUT2D eigenvalue weighted by Crippen LogP contribution is 2.17. The molecular formula is C4H8Br2INS. The van der Waals surface area contributed by atoms with Crippen LogP contribution in [0.25, 0.3) is 0 Å². The van der Waals surface area contributed by atoms with E-state index in [-0.39, 0.29) is 0 Å². The average molecular weight is 389 g/mol. The highest BCUT2D eigenvalue weighted by Gasteiger charge is 1.99. The minimum atomic E-state index is 1.05. The second-order valence-corrected chi connectivity index (χ2v) is 4.80. The lowest BCUT2D eigenvalue weighted by Crippen LogP contribution is -2.18. The minimum Gasteiger partial charge on any atom is -0.240 e. The van der Waals surface area contributed by atoms with Gasteiger partial charge in [0.2, 0.25) is 0 Å². The van der Waals surface area contributed by atoms with E-state index in [0.29, 0.717) is 0 Å². The van der Waals surface area contributed by atoms with Crippen molar-refractivity contribution in [3.8, 4) is 0 Å². The van der Waals surface area contributed by atoms with Crippen LogP contribution in [0.4, 0.5) is 0 Å². The Hall–Kier alpha value is 2.00. The third-order valence-corrected chi connectivity index (χ3v) is 3.71. The summed E-state index contributed by atoms with van der Waals surface area (Å²) in [6.07, 6.45) is 0. The van der Waals surface area contributed by atoms with E-state index in [1.165, 1.54) is 0 Å². The molecule has 0 fully saturated rings. The topological polar surface area (TPSA) is 3.24 Å². The zero-order chi connectivity index (χ0) is 7.11. The maximum Gasteiger partial charge on any atom is 0.0194 e. The predicted molar refractivity (Wildman–Crippen MR) is 60.8 cm³/mol. The van der Waals surface area contributed by atoms with E-state index in [0.717, 1.165) is 23.7 Å². The maximum atomic E-state index is 3.39. The lowest BCUT2D eigenvalue weighted by molar-refractivity contribution is 0.543. The van der Waals surface area contributed by atoms with Gasteiger partial charge in [-0.25, -0.2) is 4.31 Å². The molecular weight excluding hydrogens is 381 g/mol. The molecule has 0 atom stereocenters. The predicted octanol–water partition coefficient (Wildman–Crippen LogP) is 3.08. The fraction of sp³-hybridized carbons (Fsp3) is 1.00. The number of halogens is 3.